The van der Waals surface area contributed by atoms with Crippen molar-refractivity contribution in [2.45, 2.75) is 44.7 Å². The van der Waals surface area contributed by atoms with Crippen LogP contribution in [-0.2, 0) is 16.1 Å². The van der Waals surface area contributed by atoms with Crippen LogP contribution in [-0.4, -0.2) is 34.3 Å². The molecule has 2 amide bonds. The van der Waals surface area contributed by atoms with E-state index in [0.717, 1.165) is 5.56 Å². The highest BCUT2D eigenvalue weighted by Gasteiger charge is 2.36. The van der Waals surface area contributed by atoms with Crippen LogP contribution < -0.4 is 5.32 Å². The first-order chi connectivity index (χ1) is 14.4. The van der Waals surface area contributed by atoms with Crippen LogP contribution >= 0.6 is 11.6 Å². The van der Waals surface area contributed by atoms with Crippen molar-refractivity contribution in [3.63, 3.8) is 0 Å². The van der Waals surface area contributed by atoms with Crippen LogP contribution in [0.25, 0.3) is 0 Å². The number of amides is 2. The first-order valence-corrected chi connectivity index (χ1v) is 10.4. The number of anilines is 1. The Morgan fingerprint density at radius 1 is 1.03 bits per heavy atom. The summed E-state index contributed by atoms with van der Waals surface area (Å²) in [6, 6.07) is 11.3. The predicted octanol–water partition coefficient (Wildman–Crippen LogP) is 4.02. The van der Waals surface area contributed by atoms with Crippen LogP contribution in [0.3, 0.4) is 0 Å². The Bertz CT molecular complexity index is 1050. The zero-order valence-electron chi connectivity index (χ0n) is 16.3. The fourth-order valence-electron chi connectivity index (χ4n) is 4.06. The number of rotatable bonds is 3. The molecule has 0 aromatic heterocycles. The Labute approximate surface area is 179 Å². The average molecular weight is 425 g/mol. The smallest absolute Gasteiger partial charge is 0.257 e. The summed E-state index contributed by atoms with van der Waals surface area (Å²) in [6.45, 7) is 0.286. The van der Waals surface area contributed by atoms with Crippen LogP contribution in [0.1, 0.15) is 58.4 Å². The molecule has 0 bridgehead atoms. The standard InChI is InChI=1S/C23H21ClN2O4/c24-19-6-2-1-5-18(19)22(29)25-15-8-10-17-14(12-15)13-26(23(17)30)20-11-9-16(27)4-3-7-21(20)28/h1-2,5-6,8,10,12,20H,3-4,7,9,11,13H2,(H,25,29). The molecule has 6 nitrogen and oxygen atoms in total. The van der Waals surface area contributed by atoms with Gasteiger partial charge < -0.3 is 10.2 Å². The van der Waals surface area contributed by atoms with Gasteiger partial charge in [0.2, 0.25) is 0 Å². The lowest BCUT2D eigenvalue weighted by Crippen LogP contribution is -2.42. The lowest BCUT2D eigenvalue weighted by molar-refractivity contribution is -0.126. The highest BCUT2D eigenvalue weighted by atomic mass is 35.5. The molecule has 0 radical (unpaired) electrons. The first kappa shape index (κ1) is 20.3. The minimum absolute atomic E-state index is 0.0101. The molecule has 1 fully saturated rings. The fourth-order valence-corrected chi connectivity index (χ4v) is 4.28. The highest BCUT2D eigenvalue weighted by molar-refractivity contribution is 6.34. The van der Waals surface area contributed by atoms with E-state index in [1.54, 1.807) is 47.4 Å². The molecule has 1 N–H and O–H groups in total. The van der Waals surface area contributed by atoms with Crippen molar-refractivity contribution in [2.24, 2.45) is 0 Å². The molecule has 30 heavy (non-hydrogen) atoms. The summed E-state index contributed by atoms with van der Waals surface area (Å²) in [4.78, 5) is 51.4. The van der Waals surface area contributed by atoms with E-state index in [1.165, 1.54) is 0 Å². The molecule has 0 saturated heterocycles. The lowest BCUT2D eigenvalue weighted by Gasteiger charge is -2.27. The van der Waals surface area contributed by atoms with Crippen molar-refractivity contribution in [2.75, 3.05) is 5.32 Å². The molecule has 0 spiro atoms. The van der Waals surface area contributed by atoms with Gasteiger partial charge in [-0.05, 0) is 48.7 Å². The summed E-state index contributed by atoms with van der Waals surface area (Å²) < 4.78 is 0. The third kappa shape index (κ3) is 4.00. The van der Waals surface area contributed by atoms with Gasteiger partial charge in [0.15, 0.2) is 5.78 Å². The molecule has 2 aliphatic rings. The number of hydrogen-bond acceptors (Lipinski definition) is 4. The third-order valence-electron chi connectivity index (χ3n) is 5.64. The Hall–Kier alpha value is -2.99. The summed E-state index contributed by atoms with van der Waals surface area (Å²) in [5.74, 6) is -0.395. The van der Waals surface area contributed by atoms with Crippen LogP contribution in [0.4, 0.5) is 5.69 Å². The van der Waals surface area contributed by atoms with Gasteiger partial charge in [0.05, 0.1) is 16.6 Å². The second-order valence-corrected chi connectivity index (χ2v) is 8.06. The number of nitrogens with zero attached hydrogens (tertiary/aromatic N) is 1. The fraction of sp³-hybridized carbons (Fsp3) is 0.304. The van der Waals surface area contributed by atoms with Crippen molar-refractivity contribution in [1.82, 2.24) is 4.90 Å². The first-order valence-electron chi connectivity index (χ1n) is 9.98. The van der Waals surface area contributed by atoms with Gasteiger partial charge in [-0.3, -0.25) is 19.2 Å². The molecule has 7 heteroatoms. The zero-order chi connectivity index (χ0) is 21.3. The molecule has 1 heterocycles. The lowest BCUT2D eigenvalue weighted by atomic mass is 9.94. The number of nitrogens with one attached hydrogen (secondary N) is 1. The third-order valence-corrected chi connectivity index (χ3v) is 5.97. The van der Waals surface area contributed by atoms with Gasteiger partial charge in [0.25, 0.3) is 11.8 Å². The normalized spacial score (nSPS) is 19.3. The van der Waals surface area contributed by atoms with Crippen molar-refractivity contribution < 1.29 is 19.2 Å². The number of carbonyl (C=O) groups is 4. The number of halogens is 1. The maximum atomic E-state index is 12.9. The second kappa shape index (κ2) is 8.40. The van der Waals surface area contributed by atoms with Crippen LogP contribution in [0, 0.1) is 0 Å². The van der Waals surface area contributed by atoms with E-state index in [4.69, 9.17) is 11.6 Å². The summed E-state index contributed by atoms with van der Waals surface area (Å²) >= 11 is 6.08. The highest BCUT2D eigenvalue weighted by Crippen LogP contribution is 2.30. The van der Waals surface area contributed by atoms with Gasteiger partial charge in [0, 0.05) is 37.1 Å². The van der Waals surface area contributed by atoms with Gasteiger partial charge in [-0.25, -0.2) is 0 Å². The predicted molar refractivity (Wildman–Crippen MR) is 113 cm³/mol. The van der Waals surface area contributed by atoms with E-state index < -0.39 is 6.04 Å². The molecule has 1 saturated carbocycles. The van der Waals surface area contributed by atoms with Gasteiger partial charge >= 0.3 is 0 Å². The van der Waals surface area contributed by atoms with Crippen molar-refractivity contribution in [1.29, 1.82) is 0 Å². The van der Waals surface area contributed by atoms with Crippen LogP contribution in [0.15, 0.2) is 42.5 Å². The minimum atomic E-state index is -0.574. The second-order valence-electron chi connectivity index (χ2n) is 7.65. The zero-order valence-corrected chi connectivity index (χ0v) is 17.1. The Morgan fingerprint density at radius 2 is 1.83 bits per heavy atom. The molecule has 1 atom stereocenters. The molecule has 154 valence electrons. The topological polar surface area (TPSA) is 83.6 Å². The number of Topliss-reactive ketones (excluding diaryl/α,β-unsaturated/α-hetero) is 2. The SMILES string of the molecule is O=C1CCCC(=O)C(N2Cc3cc(NC(=O)c4ccccc4Cl)ccc3C2=O)CC1. The number of benzene rings is 2. The van der Waals surface area contributed by atoms with E-state index in [0.29, 0.717) is 53.9 Å². The maximum Gasteiger partial charge on any atom is 0.257 e. The minimum Gasteiger partial charge on any atom is -0.324 e. The number of ketones is 2. The number of fused-ring (bicyclic) bond motifs is 1. The Kier molecular flexibility index (Phi) is 5.68. The largest absolute Gasteiger partial charge is 0.324 e. The average Bonchev–Trinajstić information content (AvgIpc) is 3.03. The van der Waals surface area contributed by atoms with Gasteiger partial charge in [-0.15, -0.1) is 0 Å². The maximum absolute atomic E-state index is 12.9. The monoisotopic (exact) mass is 424 g/mol. The number of hydrogen-bond donors (Lipinski definition) is 1. The Morgan fingerprint density at radius 3 is 2.63 bits per heavy atom. The van der Waals surface area contributed by atoms with Crippen LogP contribution in [0.5, 0.6) is 0 Å². The molecular weight excluding hydrogens is 404 g/mol. The van der Waals surface area contributed by atoms with Gasteiger partial charge in [-0.1, -0.05) is 23.7 Å². The van der Waals surface area contributed by atoms with Gasteiger partial charge in [0.1, 0.15) is 5.78 Å². The molecule has 4 rings (SSSR count). The summed E-state index contributed by atoms with van der Waals surface area (Å²) in [7, 11) is 0. The van der Waals surface area contributed by atoms with E-state index in [9.17, 15) is 19.2 Å². The molecule has 2 aromatic carbocycles. The molecule has 2 aromatic rings. The molecule has 1 aliphatic heterocycles. The molecular formula is C23H21ClN2O4. The summed E-state index contributed by atoms with van der Waals surface area (Å²) in [5, 5.41) is 3.16. The van der Waals surface area contributed by atoms with E-state index in [2.05, 4.69) is 5.32 Å². The molecule has 1 aliphatic carbocycles. The van der Waals surface area contributed by atoms with Crippen molar-refractivity contribution in [3.8, 4) is 0 Å². The number of carbonyl (C=O) groups excluding carboxylic acids is 4. The Balaban J connectivity index is 1.52. The summed E-state index contributed by atoms with van der Waals surface area (Å²) in [5.41, 5.74) is 2.18. The quantitative estimate of drug-likeness (QED) is 0.806. The van der Waals surface area contributed by atoms with Crippen molar-refractivity contribution >= 4 is 40.7 Å². The van der Waals surface area contributed by atoms with E-state index >= 15 is 0 Å². The van der Waals surface area contributed by atoms with E-state index in [1.807, 2.05) is 0 Å². The van der Waals surface area contributed by atoms with Crippen LogP contribution in [0.2, 0.25) is 5.02 Å². The molecule has 1 unspecified atom stereocenters. The summed E-state index contributed by atoms with van der Waals surface area (Å²) in [6.07, 6.45) is 1.97. The van der Waals surface area contributed by atoms with Gasteiger partial charge in [-0.2, -0.15) is 0 Å². The van der Waals surface area contributed by atoms with Crippen molar-refractivity contribution in [3.05, 3.63) is 64.2 Å². The van der Waals surface area contributed by atoms with E-state index in [-0.39, 0.29) is 29.9 Å².